The van der Waals surface area contributed by atoms with Gasteiger partial charge in [0.2, 0.25) is 0 Å². The minimum atomic E-state index is 0.676. The van der Waals surface area contributed by atoms with Gasteiger partial charge in [-0.1, -0.05) is 0 Å². The first-order chi connectivity index (χ1) is 4.86. The zero-order valence-electron chi connectivity index (χ0n) is 6.05. The lowest BCUT2D eigenvalue weighted by molar-refractivity contribution is 0.659. The Labute approximate surface area is 65.8 Å². The van der Waals surface area contributed by atoms with Crippen molar-refractivity contribution in [2.75, 3.05) is 5.88 Å². The molecule has 0 aliphatic heterocycles. The first-order valence-corrected chi connectivity index (χ1v) is 3.97. The van der Waals surface area contributed by atoms with Gasteiger partial charge in [0.15, 0.2) is 0 Å². The molecule has 0 aliphatic rings. The lowest BCUT2D eigenvalue weighted by Gasteiger charge is -1.90. The predicted molar refractivity (Wildman–Crippen MR) is 42.3 cm³/mol. The Morgan fingerprint density at radius 1 is 1.70 bits per heavy atom. The monoisotopic (exact) mass is 158 g/mol. The molecule has 0 saturated heterocycles. The number of rotatable bonds is 3. The molecule has 0 unspecified atom stereocenters. The predicted octanol–water partition coefficient (Wildman–Crippen LogP) is 1.68. The molecule has 0 bridgehead atoms. The molecule has 0 aliphatic carbocycles. The lowest BCUT2D eigenvalue weighted by Crippen LogP contribution is -1.92. The highest BCUT2D eigenvalue weighted by Crippen LogP contribution is 1.99. The van der Waals surface area contributed by atoms with E-state index >= 15 is 0 Å². The first-order valence-electron chi connectivity index (χ1n) is 3.44. The summed E-state index contributed by atoms with van der Waals surface area (Å²) in [6, 6.07) is 0. The maximum Gasteiger partial charge on any atom is 0.0522 e. The highest BCUT2D eigenvalue weighted by Gasteiger charge is 1.94. The Bertz CT molecular complexity index is 195. The van der Waals surface area contributed by atoms with Gasteiger partial charge in [-0.2, -0.15) is 5.10 Å². The van der Waals surface area contributed by atoms with E-state index in [1.54, 1.807) is 0 Å². The average Bonchev–Trinajstić information content (AvgIpc) is 2.37. The number of aromatic nitrogens is 2. The van der Waals surface area contributed by atoms with Crippen LogP contribution < -0.4 is 0 Å². The van der Waals surface area contributed by atoms with Gasteiger partial charge in [-0.05, 0) is 18.9 Å². The molecule has 3 heteroatoms. The van der Waals surface area contributed by atoms with Crippen LogP contribution in [0.25, 0.3) is 0 Å². The van der Waals surface area contributed by atoms with Gasteiger partial charge in [-0.25, -0.2) is 0 Å². The van der Waals surface area contributed by atoms with E-state index in [0.717, 1.165) is 13.0 Å². The van der Waals surface area contributed by atoms with Crippen LogP contribution in [-0.4, -0.2) is 15.7 Å². The van der Waals surface area contributed by atoms with E-state index in [4.69, 9.17) is 11.6 Å². The third-order valence-electron chi connectivity index (χ3n) is 1.39. The summed E-state index contributed by atoms with van der Waals surface area (Å²) in [5.41, 5.74) is 1.22. The smallest absolute Gasteiger partial charge is 0.0522 e. The molecular formula is C7H11ClN2. The summed E-state index contributed by atoms with van der Waals surface area (Å²) >= 11 is 5.55. The van der Waals surface area contributed by atoms with Crippen LogP contribution >= 0.6 is 11.6 Å². The Balaban J connectivity index is 2.59. The third-order valence-corrected chi connectivity index (χ3v) is 1.58. The molecule has 0 saturated carbocycles. The molecule has 56 valence electrons. The quantitative estimate of drug-likeness (QED) is 0.613. The third kappa shape index (κ3) is 1.74. The van der Waals surface area contributed by atoms with Crippen molar-refractivity contribution in [3.05, 3.63) is 18.0 Å². The summed E-state index contributed by atoms with van der Waals surface area (Å²) in [5, 5.41) is 4.11. The molecular weight excluding hydrogens is 148 g/mol. The Morgan fingerprint density at radius 3 is 3.00 bits per heavy atom. The Hall–Kier alpha value is -0.500. The van der Waals surface area contributed by atoms with Crippen molar-refractivity contribution in [3.8, 4) is 0 Å². The Kier molecular flexibility index (Phi) is 2.75. The zero-order valence-corrected chi connectivity index (χ0v) is 6.80. The number of alkyl halides is 1. The van der Waals surface area contributed by atoms with Gasteiger partial charge in [-0.15, -0.1) is 11.6 Å². The van der Waals surface area contributed by atoms with Gasteiger partial charge in [0.05, 0.1) is 6.20 Å². The van der Waals surface area contributed by atoms with Crippen LogP contribution in [0.3, 0.4) is 0 Å². The summed E-state index contributed by atoms with van der Waals surface area (Å²) in [6.45, 7) is 3.00. The fraction of sp³-hybridized carbons (Fsp3) is 0.571. The van der Waals surface area contributed by atoms with Crippen LogP contribution in [0.1, 0.15) is 12.5 Å². The van der Waals surface area contributed by atoms with Gasteiger partial charge in [0.25, 0.3) is 0 Å². The second-order valence-electron chi connectivity index (χ2n) is 2.14. The van der Waals surface area contributed by atoms with Crippen molar-refractivity contribution in [3.63, 3.8) is 0 Å². The van der Waals surface area contributed by atoms with Gasteiger partial charge < -0.3 is 0 Å². The average molecular weight is 159 g/mol. The molecule has 0 aromatic carbocycles. The summed E-state index contributed by atoms with van der Waals surface area (Å²) < 4.78 is 1.90. The summed E-state index contributed by atoms with van der Waals surface area (Å²) in [6.07, 6.45) is 4.82. The van der Waals surface area contributed by atoms with Crippen LogP contribution in [0.2, 0.25) is 0 Å². The number of hydrogen-bond donors (Lipinski definition) is 0. The van der Waals surface area contributed by atoms with Crippen molar-refractivity contribution in [2.24, 2.45) is 0 Å². The molecule has 0 N–H and O–H groups in total. The van der Waals surface area contributed by atoms with Crippen LogP contribution in [0.5, 0.6) is 0 Å². The minimum absolute atomic E-state index is 0.676. The fourth-order valence-corrected chi connectivity index (χ4v) is 1.04. The molecule has 1 aromatic rings. The lowest BCUT2D eigenvalue weighted by atomic mass is 10.3. The maximum atomic E-state index is 5.55. The molecule has 0 amide bonds. The van der Waals surface area contributed by atoms with Gasteiger partial charge in [-0.3, -0.25) is 4.68 Å². The number of aryl methyl sites for hydroxylation is 2. The number of halogens is 1. The van der Waals surface area contributed by atoms with Crippen LogP contribution in [0, 0.1) is 0 Å². The normalized spacial score (nSPS) is 10.2. The van der Waals surface area contributed by atoms with Crippen molar-refractivity contribution in [1.29, 1.82) is 0 Å². The van der Waals surface area contributed by atoms with Crippen LogP contribution in [-0.2, 0) is 13.0 Å². The van der Waals surface area contributed by atoms with Gasteiger partial charge in [0.1, 0.15) is 0 Å². The molecule has 0 fully saturated rings. The van der Waals surface area contributed by atoms with E-state index < -0.39 is 0 Å². The van der Waals surface area contributed by atoms with Crippen molar-refractivity contribution >= 4 is 11.6 Å². The standard InChI is InChI=1S/C7H11ClN2/c1-2-10-6-7(3-4-8)5-9-10/h5-6H,2-4H2,1H3. The number of nitrogens with zero attached hydrogens (tertiary/aromatic N) is 2. The summed E-state index contributed by atoms with van der Waals surface area (Å²) in [7, 11) is 0. The van der Waals surface area contributed by atoms with Crippen molar-refractivity contribution in [2.45, 2.75) is 19.9 Å². The SMILES string of the molecule is CCn1cc(CCCl)cn1. The molecule has 0 atom stereocenters. The van der Waals surface area contributed by atoms with Gasteiger partial charge >= 0.3 is 0 Å². The minimum Gasteiger partial charge on any atom is -0.273 e. The number of hydrogen-bond acceptors (Lipinski definition) is 1. The second kappa shape index (κ2) is 3.62. The fourth-order valence-electron chi connectivity index (χ4n) is 0.818. The largest absolute Gasteiger partial charge is 0.273 e. The first kappa shape index (κ1) is 7.61. The highest BCUT2D eigenvalue weighted by molar-refractivity contribution is 6.17. The molecule has 0 spiro atoms. The Morgan fingerprint density at radius 2 is 2.50 bits per heavy atom. The summed E-state index contributed by atoms with van der Waals surface area (Å²) in [4.78, 5) is 0. The van der Waals surface area contributed by atoms with E-state index in [-0.39, 0.29) is 0 Å². The van der Waals surface area contributed by atoms with Gasteiger partial charge in [0, 0.05) is 18.6 Å². The molecule has 10 heavy (non-hydrogen) atoms. The van der Waals surface area contributed by atoms with E-state index in [0.29, 0.717) is 5.88 Å². The zero-order chi connectivity index (χ0) is 7.40. The topological polar surface area (TPSA) is 17.8 Å². The van der Waals surface area contributed by atoms with E-state index in [2.05, 4.69) is 12.0 Å². The molecule has 1 heterocycles. The molecule has 0 radical (unpaired) electrons. The second-order valence-corrected chi connectivity index (χ2v) is 2.52. The molecule has 1 aromatic heterocycles. The van der Waals surface area contributed by atoms with Crippen LogP contribution in [0.4, 0.5) is 0 Å². The van der Waals surface area contributed by atoms with Crippen molar-refractivity contribution < 1.29 is 0 Å². The van der Waals surface area contributed by atoms with Crippen molar-refractivity contribution in [1.82, 2.24) is 9.78 Å². The van der Waals surface area contributed by atoms with E-state index in [1.165, 1.54) is 5.56 Å². The van der Waals surface area contributed by atoms with Crippen LogP contribution in [0.15, 0.2) is 12.4 Å². The highest BCUT2D eigenvalue weighted by atomic mass is 35.5. The molecule has 1 rings (SSSR count). The van der Waals surface area contributed by atoms with E-state index in [1.807, 2.05) is 17.1 Å². The summed E-state index contributed by atoms with van der Waals surface area (Å²) in [5.74, 6) is 0.676. The maximum absolute atomic E-state index is 5.55. The molecule has 2 nitrogen and oxygen atoms in total. The van der Waals surface area contributed by atoms with E-state index in [9.17, 15) is 0 Å².